The highest BCUT2D eigenvalue weighted by molar-refractivity contribution is 5.85. The monoisotopic (exact) mass is 254 g/mol. The first-order valence-electron chi connectivity index (χ1n) is 6.12. The van der Waals surface area contributed by atoms with E-state index in [0.717, 1.165) is 17.0 Å². The van der Waals surface area contributed by atoms with Crippen molar-refractivity contribution in [2.45, 2.75) is 20.4 Å². The quantitative estimate of drug-likeness (QED) is 0.611. The van der Waals surface area contributed by atoms with Gasteiger partial charge in [0.1, 0.15) is 6.54 Å². The zero-order valence-electron chi connectivity index (χ0n) is 10.9. The van der Waals surface area contributed by atoms with Gasteiger partial charge in [0.05, 0.1) is 11.4 Å². The molecule has 1 aromatic heterocycles. The number of benzene rings is 1. The lowest BCUT2D eigenvalue weighted by Crippen LogP contribution is -2.39. The van der Waals surface area contributed by atoms with Crippen LogP contribution < -0.4 is 4.65 Å². The van der Waals surface area contributed by atoms with Crippen molar-refractivity contribution in [2.75, 3.05) is 0 Å². The van der Waals surface area contributed by atoms with E-state index in [1.165, 1.54) is 6.34 Å². The molecule has 1 unspecified atom stereocenters. The van der Waals surface area contributed by atoms with Crippen molar-refractivity contribution in [3.8, 4) is 0 Å². The topological polar surface area (TPSA) is 61.2 Å². The molecule has 0 saturated heterocycles. The van der Waals surface area contributed by atoms with Gasteiger partial charge >= 0.3 is 0 Å². The summed E-state index contributed by atoms with van der Waals surface area (Å²) in [7, 11) is 0. The Bertz CT molecular complexity index is 654. The summed E-state index contributed by atoms with van der Waals surface area (Å²) in [4.78, 5) is 12.8. The lowest BCUT2D eigenvalue weighted by molar-refractivity contribution is 0.544. The third-order valence-electron chi connectivity index (χ3n) is 3.26. The van der Waals surface area contributed by atoms with E-state index in [2.05, 4.69) is 15.0 Å². The fourth-order valence-electron chi connectivity index (χ4n) is 2.09. The predicted octanol–water partition coefficient (Wildman–Crippen LogP) is 2.77. The average molecular weight is 254 g/mol. The maximum absolute atomic E-state index is 12.8. The van der Waals surface area contributed by atoms with Gasteiger partial charge in [0, 0.05) is 5.56 Å². The minimum absolute atomic E-state index is 0.286. The number of hydroxylamine groups is 2. The second kappa shape index (κ2) is 4.22. The van der Waals surface area contributed by atoms with Gasteiger partial charge in [-0.3, -0.25) is 4.65 Å². The molecule has 1 aromatic carbocycles. The van der Waals surface area contributed by atoms with Gasteiger partial charge in [-0.25, -0.2) is 4.98 Å². The summed E-state index contributed by atoms with van der Waals surface area (Å²) < 4.78 is -0.673. The van der Waals surface area contributed by atoms with Gasteiger partial charge in [0.15, 0.2) is 6.34 Å². The molecule has 0 saturated carbocycles. The normalized spacial score (nSPS) is 20.6. The number of hydrogen-bond donors (Lipinski definition) is 0. The van der Waals surface area contributed by atoms with Gasteiger partial charge in [0.2, 0.25) is 5.82 Å². The van der Waals surface area contributed by atoms with Crippen LogP contribution in [-0.2, 0) is 6.54 Å². The Labute approximate surface area is 111 Å². The molecule has 5 nitrogen and oxygen atoms in total. The van der Waals surface area contributed by atoms with E-state index in [4.69, 9.17) is 0 Å². The molecule has 0 spiro atoms. The molecular formula is C14H14N4O. The van der Waals surface area contributed by atoms with E-state index in [9.17, 15) is 5.21 Å². The van der Waals surface area contributed by atoms with E-state index in [0.29, 0.717) is 11.6 Å². The molecule has 2 heterocycles. The Hall–Kier alpha value is -2.11. The highest BCUT2D eigenvalue weighted by atomic mass is 16.5. The van der Waals surface area contributed by atoms with Crippen molar-refractivity contribution >= 4 is 18.0 Å². The van der Waals surface area contributed by atoms with E-state index in [1.54, 1.807) is 0 Å². The van der Waals surface area contributed by atoms with Crippen LogP contribution >= 0.6 is 0 Å². The third kappa shape index (κ3) is 2.03. The molecule has 5 heteroatoms. The highest BCUT2D eigenvalue weighted by Gasteiger charge is 2.32. The van der Waals surface area contributed by atoms with Crippen molar-refractivity contribution in [3.05, 3.63) is 52.5 Å². The first-order valence-corrected chi connectivity index (χ1v) is 6.12. The van der Waals surface area contributed by atoms with E-state index >= 15 is 0 Å². The second-order valence-electron chi connectivity index (χ2n) is 4.73. The number of aliphatic imine (C=N–C) groups is 1. The van der Waals surface area contributed by atoms with E-state index in [1.807, 2.05) is 44.2 Å². The fraction of sp³-hybridized carbons (Fsp3) is 0.214. The van der Waals surface area contributed by atoms with Crippen LogP contribution in [0.1, 0.15) is 17.0 Å². The summed E-state index contributed by atoms with van der Waals surface area (Å²) in [5.41, 5.74) is 2.54. The number of rotatable bonds is 2. The Morgan fingerprint density at radius 1 is 1.05 bits per heavy atom. The standard InChI is InChI=1S/C14H14N4O/c1-10-11(2)17-14-13(16-10)15-9-18(14,19)8-12-6-4-3-5-7-12/h3-7,9H,8H2,1-2H3. The van der Waals surface area contributed by atoms with Crippen molar-refractivity contribution in [3.63, 3.8) is 0 Å². The summed E-state index contributed by atoms with van der Waals surface area (Å²) in [6.07, 6.45) is 1.37. The summed E-state index contributed by atoms with van der Waals surface area (Å²) in [5, 5.41) is 12.8. The first kappa shape index (κ1) is 12.0. The first-order chi connectivity index (χ1) is 9.08. The molecule has 3 rings (SSSR count). The molecular weight excluding hydrogens is 240 g/mol. The van der Waals surface area contributed by atoms with Gasteiger partial charge in [-0.15, -0.1) is 0 Å². The van der Waals surface area contributed by atoms with Gasteiger partial charge in [-0.1, -0.05) is 30.3 Å². The smallest absolute Gasteiger partial charge is 0.280 e. The largest absolute Gasteiger partial charge is 0.620 e. The minimum atomic E-state index is -0.673. The molecule has 0 radical (unpaired) electrons. The van der Waals surface area contributed by atoms with Crippen LogP contribution in [0.2, 0.25) is 0 Å². The summed E-state index contributed by atoms with van der Waals surface area (Å²) >= 11 is 0. The molecule has 1 atom stereocenters. The maximum Gasteiger partial charge on any atom is 0.280 e. The summed E-state index contributed by atoms with van der Waals surface area (Å²) in [6, 6.07) is 9.62. The number of nitrogens with zero attached hydrogens (tertiary/aromatic N) is 4. The maximum atomic E-state index is 12.8. The van der Waals surface area contributed by atoms with Gasteiger partial charge in [-0.2, -0.15) is 9.98 Å². The minimum Gasteiger partial charge on any atom is -0.620 e. The molecule has 1 aliphatic heterocycles. The van der Waals surface area contributed by atoms with Crippen molar-refractivity contribution in [1.29, 1.82) is 0 Å². The van der Waals surface area contributed by atoms with Gasteiger partial charge in [-0.05, 0) is 13.8 Å². The molecule has 2 aromatic rings. The third-order valence-corrected chi connectivity index (χ3v) is 3.26. The van der Waals surface area contributed by atoms with Crippen LogP contribution in [0.3, 0.4) is 0 Å². The Morgan fingerprint density at radius 3 is 2.47 bits per heavy atom. The van der Waals surface area contributed by atoms with Crippen molar-refractivity contribution < 1.29 is 0 Å². The number of hydrogen-bond acceptors (Lipinski definition) is 4. The summed E-state index contributed by atoms with van der Waals surface area (Å²) in [5.74, 6) is 0.820. The predicted molar refractivity (Wildman–Crippen MR) is 75.0 cm³/mol. The van der Waals surface area contributed by atoms with Crippen LogP contribution in [0, 0.1) is 19.1 Å². The molecule has 0 amide bonds. The van der Waals surface area contributed by atoms with Crippen LogP contribution in [0.4, 0.5) is 11.6 Å². The lowest BCUT2D eigenvalue weighted by atomic mass is 10.2. The van der Waals surface area contributed by atoms with E-state index in [-0.39, 0.29) is 6.54 Å². The number of aryl methyl sites for hydroxylation is 2. The zero-order valence-corrected chi connectivity index (χ0v) is 10.9. The number of quaternary nitrogens is 1. The van der Waals surface area contributed by atoms with Crippen molar-refractivity contribution in [1.82, 2.24) is 14.6 Å². The van der Waals surface area contributed by atoms with Crippen molar-refractivity contribution in [2.24, 2.45) is 4.99 Å². The summed E-state index contributed by atoms with van der Waals surface area (Å²) in [6.45, 7) is 4.01. The van der Waals surface area contributed by atoms with Crippen LogP contribution in [0.5, 0.6) is 0 Å². The highest BCUT2D eigenvalue weighted by Crippen LogP contribution is 2.35. The average Bonchev–Trinajstić information content (AvgIpc) is 2.69. The molecule has 1 aliphatic rings. The lowest BCUT2D eigenvalue weighted by Gasteiger charge is -2.33. The van der Waals surface area contributed by atoms with Crippen LogP contribution in [0.25, 0.3) is 0 Å². The number of fused-ring (bicyclic) bond motifs is 1. The molecule has 96 valence electrons. The van der Waals surface area contributed by atoms with Crippen LogP contribution in [-0.4, -0.2) is 16.3 Å². The Morgan fingerprint density at radius 2 is 1.74 bits per heavy atom. The zero-order chi connectivity index (χ0) is 13.5. The second-order valence-corrected chi connectivity index (χ2v) is 4.73. The molecule has 0 N–H and O–H groups in total. The fourth-order valence-corrected chi connectivity index (χ4v) is 2.09. The van der Waals surface area contributed by atoms with Crippen LogP contribution in [0.15, 0.2) is 35.3 Å². The molecule has 0 bridgehead atoms. The molecule has 0 fully saturated rings. The van der Waals surface area contributed by atoms with Gasteiger partial charge < -0.3 is 5.21 Å². The molecule has 0 aliphatic carbocycles. The van der Waals surface area contributed by atoms with E-state index < -0.39 is 4.65 Å². The Balaban J connectivity index is 2.01. The molecule has 19 heavy (non-hydrogen) atoms. The SMILES string of the molecule is Cc1nc2c(nc1C)[N+]([O-])(Cc1ccccc1)C=N2. The number of aromatic nitrogens is 2. The van der Waals surface area contributed by atoms with Gasteiger partial charge in [0.25, 0.3) is 5.82 Å². The Kier molecular flexibility index (Phi) is 2.66.